The summed E-state index contributed by atoms with van der Waals surface area (Å²) < 4.78 is 0. The molecule has 8 heteroatoms. The summed E-state index contributed by atoms with van der Waals surface area (Å²) in [5.74, 6) is 0.852. The Morgan fingerprint density at radius 1 is 1.29 bits per heavy atom. The van der Waals surface area contributed by atoms with Crippen molar-refractivity contribution in [3.8, 4) is 0 Å². The van der Waals surface area contributed by atoms with Crippen LogP contribution in [-0.2, 0) is 0 Å². The van der Waals surface area contributed by atoms with Gasteiger partial charge < -0.3 is 10.6 Å². The summed E-state index contributed by atoms with van der Waals surface area (Å²) >= 11 is 5.94. The Morgan fingerprint density at radius 2 is 2.00 bits per heavy atom. The van der Waals surface area contributed by atoms with Gasteiger partial charge in [-0.2, -0.15) is 0 Å². The molecule has 0 saturated heterocycles. The normalized spacial score (nSPS) is 10.7. The molecule has 0 amide bonds. The number of nitrogens with zero attached hydrogens (tertiary/aromatic N) is 3. The first-order valence-electron chi connectivity index (χ1n) is 7.65. The molecule has 0 aliphatic carbocycles. The fourth-order valence-corrected chi connectivity index (χ4v) is 2.37. The van der Waals surface area contributed by atoms with E-state index in [-0.39, 0.29) is 17.3 Å². The Morgan fingerprint density at radius 3 is 2.62 bits per heavy atom. The number of nitrogens with one attached hydrogen (secondary N) is 2. The van der Waals surface area contributed by atoms with E-state index >= 15 is 0 Å². The molecule has 0 unspecified atom stereocenters. The number of halogens is 1. The van der Waals surface area contributed by atoms with Crippen molar-refractivity contribution in [3.63, 3.8) is 0 Å². The van der Waals surface area contributed by atoms with E-state index < -0.39 is 4.92 Å². The first-order chi connectivity index (χ1) is 11.4. The molecule has 7 nitrogen and oxygen atoms in total. The maximum Gasteiger partial charge on any atom is 0.353 e. The Balaban J connectivity index is 2.30. The molecule has 0 radical (unpaired) electrons. The summed E-state index contributed by atoms with van der Waals surface area (Å²) in [6.45, 7) is 6.65. The highest BCUT2D eigenvalue weighted by Gasteiger charge is 2.23. The maximum absolute atomic E-state index is 11.5. The molecule has 0 bridgehead atoms. The third kappa shape index (κ3) is 4.55. The van der Waals surface area contributed by atoms with Crippen molar-refractivity contribution in [3.05, 3.63) is 45.2 Å². The van der Waals surface area contributed by atoms with E-state index in [1.54, 1.807) is 18.2 Å². The predicted molar refractivity (Wildman–Crippen MR) is 96.1 cm³/mol. The molecule has 128 valence electrons. The molecule has 1 aromatic carbocycles. The molecule has 0 atom stereocenters. The van der Waals surface area contributed by atoms with Gasteiger partial charge in [0.2, 0.25) is 11.6 Å². The molecule has 2 rings (SSSR count). The number of benzene rings is 1. The van der Waals surface area contributed by atoms with Crippen LogP contribution in [0.4, 0.5) is 23.0 Å². The van der Waals surface area contributed by atoms with Crippen molar-refractivity contribution in [2.75, 3.05) is 17.2 Å². The van der Waals surface area contributed by atoms with Gasteiger partial charge in [-0.3, -0.25) is 10.1 Å². The number of aromatic nitrogens is 2. The monoisotopic (exact) mass is 349 g/mol. The van der Waals surface area contributed by atoms with E-state index in [9.17, 15) is 10.1 Å². The lowest BCUT2D eigenvalue weighted by Gasteiger charge is -2.12. The molecule has 1 heterocycles. The lowest BCUT2D eigenvalue weighted by molar-refractivity contribution is -0.383. The molecule has 0 spiro atoms. The van der Waals surface area contributed by atoms with Crippen LogP contribution in [0.3, 0.4) is 0 Å². The minimum Gasteiger partial charge on any atom is -0.364 e. The Hall–Kier alpha value is -2.41. The van der Waals surface area contributed by atoms with Gasteiger partial charge in [0, 0.05) is 17.3 Å². The van der Waals surface area contributed by atoms with Gasteiger partial charge in [-0.1, -0.05) is 25.4 Å². The van der Waals surface area contributed by atoms with Crippen molar-refractivity contribution >= 4 is 34.6 Å². The Labute approximate surface area is 145 Å². The molecule has 0 aliphatic rings. The molecule has 0 saturated carbocycles. The van der Waals surface area contributed by atoms with Gasteiger partial charge >= 0.3 is 5.69 Å². The summed E-state index contributed by atoms with van der Waals surface area (Å²) in [7, 11) is 0. The quantitative estimate of drug-likeness (QED) is 0.562. The van der Waals surface area contributed by atoms with Gasteiger partial charge in [-0.15, -0.1) is 0 Å². The van der Waals surface area contributed by atoms with E-state index in [1.165, 1.54) is 6.33 Å². The summed E-state index contributed by atoms with van der Waals surface area (Å²) in [5, 5.41) is 18.1. The standard InChI is InChI=1S/C16H20ClN5O2/c1-10(2)6-7-18-15-14(22(23)24)16(20-9-19-15)21-13-5-4-12(17)8-11(13)3/h4-5,8-10H,6-7H2,1-3H3,(H2,18,19,20,21). The lowest BCUT2D eigenvalue weighted by Crippen LogP contribution is -2.10. The Bertz CT molecular complexity index is 736. The smallest absolute Gasteiger partial charge is 0.353 e. The van der Waals surface area contributed by atoms with Crippen LogP contribution in [0.15, 0.2) is 24.5 Å². The van der Waals surface area contributed by atoms with Crippen molar-refractivity contribution in [1.29, 1.82) is 0 Å². The average molecular weight is 350 g/mol. The third-order valence-corrected chi connectivity index (χ3v) is 3.70. The van der Waals surface area contributed by atoms with Crippen molar-refractivity contribution < 1.29 is 4.92 Å². The molecule has 2 N–H and O–H groups in total. The highest BCUT2D eigenvalue weighted by molar-refractivity contribution is 6.30. The minimum absolute atomic E-state index is 0.146. The largest absolute Gasteiger partial charge is 0.364 e. The van der Waals surface area contributed by atoms with Crippen LogP contribution < -0.4 is 10.6 Å². The van der Waals surface area contributed by atoms with Crippen molar-refractivity contribution in [2.24, 2.45) is 5.92 Å². The van der Waals surface area contributed by atoms with Gasteiger partial charge in [0.05, 0.1) is 4.92 Å². The molecule has 0 aliphatic heterocycles. The summed E-state index contributed by atoms with van der Waals surface area (Å²) in [6.07, 6.45) is 2.19. The molecule has 2 aromatic rings. The zero-order chi connectivity index (χ0) is 17.7. The van der Waals surface area contributed by atoms with E-state index in [0.29, 0.717) is 23.2 Å². The van der Waals surface area contributed by atoms with Gasteiger partial charge in [-0.25, -0.2) is 9.97 Å². The van der Waals surface area contributed by atoms with Gasteiger partial charge in [0.25, 0.3) is 0 Å². The van der Waals surface area contributed by atoms with Crippen molar-refractivity contribution in [2.45, 2.75) is 27.2 Å². The van der Waals surface area contributed by atoms with Crippen LogP contribution in [0.5, 0.6) is 0 Å². The maximum atomic E-state index is 11.5. The second-order valence-corrected chi connectivity index (χ2v) is 6.31. The number of hydrogen-bond donors (Lipinski definition) is 2. The first kappa shape index (κ1) is 17.9. The number of aryl methyl sites for hydroxylation is 1. The van der Waals surface area contributed by atoms with Crippen LogP contribution in [0, 0.1) is 23.0 Å². The fraction of sp³-hybridized carbons (Fsp3) is 0.375. The SMILES string of the molecule is Cc1cc(Cl)ccc1Nc1ncnc(NCCC(C)C)c1[N+](=O)[O-]. The number of hydrogen-bond acceptors (Lipinski definition) is 6. The number of rotatable bonds is 7. The van der Waals surface area contributed by atoms with Crippen LogP contribution >= 0.6 is 11.6 Å². The van der Waals surface area contributed by atoms with Gasteiger partial charge in [0.1, 0.15) is 6.33 Å². The summed E-state index contributed by atoms with van der Waals surface area (Å²) in [5.41, 5.74) is 1.40. The zero-order valence-electron chi connectivity index (χ0n) is 13.8. The summed E-state index contributed by atoms with van der Waals surface area (Å²) in [4.78, 5) is 19.0. The minimum atomic E-state index is -0.481. The topological polar surface area (TPSA) is 93.0 Å². The molecular formula is C16H20ClN5O2. The molecule has 0 fully saturated rings. The summed E-state index contributed by atoms with van der Waals surface area (Å²) in [6, 6.07) is 5.25. The predicted octanol–water partition coefficient (Wildman–Crippen LogP) is 4.55. The van der Waals surface area contributed by atoms with Crippen LogP contribution in [0.1, 0.15) is 25.8 Å². The second kappa shape index (κ2) is 7.92. The third-order valence-electron chi connectivity index (χ3n) is 3.46. The van der Waals surface area contributed by atoms with Crippen LogP contribution in [-0.4, -0.2) is 21.4 Å². The van der Waals surface area contributed by atoms with Crippen molar-refractivity contribution in [1.82, 2.24) is 9.97 Å². The first-order valence-corrected chi connectivity index (χ1v) is 8.02. The van der Waals surface area contributed by atoms with Gasteiger partial charge in [-0.05, 0) is 43.0 Å². The van der Waals surface area contributed by atoms with Crippen LogP contribution in [0.25, 0.3) is 0 Å². The van der Waals surface area contributed by atoms with E-state index in [2.05, 4.69) is 34.4 Å². The fourth-order valence-electron chi connectivity index (χ4n) is 2.15. The molecule has 1 aromatic heterocycles. The van der Waals surface area contributed by atoms with Crippen LogP contribution in [0.2, 0.25) is 5.02 Å². The highest BCUT2D eigenvalue weighted by atomic mass is 35.5. The Kier molecular flexibility index (Phi) is 5.92. The second-order valence-electron chi connectivity index (χ2n) is 5.87. The van der Waals surface area contributed by atoms with E-state index in [1.807, 2.05) is 6.92 Å². The lowest BCUT2D eigenvalue weighted by atomic mass is 10.1. The van der Waals surface area contributed by atoms with E-state index in [4.69, 9.17) is 11.6 Å². The van der Waals surface area contributed by atoms with Gasteiger partial charge in [0.15, 0.2) is 0 Å². The zero-order valence-corrected chi connectivity index (χ0v) is 14.6. The van der Waals surface area contributed by atoms with E-state index in [0.717, 1.165) is 12.0 Å². The highest BCUT2D eigenvalue weighted by Crippen LogP contribution is 2.32. The number of nitro groups is 1. The average Bonchev–Trinajstić information content (AvgIpc) is 2.49. The molecular weight excluding hydrogens is 330 g/mol. The number of anilines is 3. The molecule has 24 heavy (non-hydrogen) atoms.